The average Bonchev–Trinajstić information content (AvgIpc) is 2.26. The van der Waals surface area contributed by atoms with Crippen LogP contribution in [0.5, 0.6) is 0 Å². The van der Waals surface area contributed by atoms with Crippen LogP contribution in [0, 0.1) is 10.1 Å². The summed E-state index contributed by atoms with van der Waals surface area (Å²) in [5, 5.41) is 10.8. The van der Waals surface area contributed by atoms with Crippen molar-refractivity contribution >= 4 is 43.3 Å². The number of nitro benzene ring substituents is 1. The van der Waals surface area contributed by atoms with Crippen molar-refractivity contribution < 1.29 is 9.72 Å². The smallest absolute Gasteiger partial charge is 0.273 e. The fourth-order valence-corrected chi connectivity index (χ4v) is 2.29. The molecule has 2 unspecified atom stereocenters. The third kappa shape index (κ3) is 2.89. The van der Waals surface area contributed by atoms with Crippen LogP contribution in [0.3, 0.4) is 0 Å². The van der Waals surface area contributed by atoms with Crippen molar-refractivity contribution in [2.45, 2.75) is 16.6 Å². The van der Waals surface area contributed by atoms with Gasteiger partial charge in [0.05, 0.1) is 14.6 Å². The maximum atomic E-state index is 11.2. The molecule has 0 saturated heterocycles. The van der Waals surface area contributed by atoms with Gasteiger partial charge < -0.3 is 0 Å². The zero-order valence-electron chi connectivity index (χ0n) is 8.39. The number of para-hydroxylation sites is 1. The van der Waals surface area contributed by atoms with Crippen LogP contribution in [-0.4, -0.2) is 15.5 Å². The lowest BCUT2D eigenvalue weighted by Crippen LogP contribution is -2.16. The molecule has 2 atom stereocenters. The van der Waals surface area contributed by atoms with Crippen LogP contribution in [0.2, 0.25) is 0 Å². The molecule has 0 spiro atoms. The summed E-state index contributed by atoms with van der Waals surface area (Å²) in [6, 6.07) is 6.35. The van der Waals surface area contributed by atoms with Gasteiger partial charge in [-0.25, -0.2) is 0 Å². The summed E-state index contributed by atoms with van der Waals surface area (Å²) in [6.45, 7) is 1.43. The highest BCUT2D eigenvalue weighted by atomic mass is 79.9. The summed E-state index contributed by atoms with van der Waals surface area (Å²) in [6.07, 6.45) is 0. The van der Waals surface area contributed by atoms with E-state index in [0.717, 1.165) is 0 Å². The number of hydrogen-bond donors (Lipinski definition) is 0. The van der Waals surface area contributed by atoms with E-state index in [1.165, 1.54) is 13.0 Å². The third-order valence-electron chi connectivity index (χ3n) is 2.08. The Morgan fingerprint density at radius 3 is 2.44 bits per heavy atom. The number of ketones is 1. The van der Waals surface area contributed by atoms with E-state index in [1.807, 2.05) is 0 Å². The first kappa shape index (κ1) is 13.3. The Morgan fingerprint density at radius 2 is 1.94 bits per heavy atom. The molecule has 0 N–H and O–H groups in total. The lowest BCUT2D eigenvalue weighted by Gasteiger charge is -2.14. The minimum Gasteiger partial charge on any atom is -0.299 e. The number of carbonyl (C=O) groups excluding carboxylic acids is 1. The van der Waals surface area contributed by atoms with E-state index in [9.17, 15) is 14.9 Å². The number of carbonyl (C=O) groups is 1. The van der Waals surface area contributed by atoms with Gasteiger partial charge in [-0.05, 0) is 6.92 Å². The molecule has 1 aromatic carbocycles. The van der Waals surface area contributed by atoms with Gasteiger partial charge in [0.1, 0.15) is 5.78 Å². The number of alkyl halides is 2. The highest BCUT2D eigenvalue weighted by Crippen LogP contribution is 2.36. The van der Waals surface area contributed by atoms with Crippen LogP contribution in [0.1, 0.15) is 17.3 Å². The highest BCUT2D eigenvalue weighted by Gasteiger charge is 2.27. The topological polar surface area (TPSA) is 60.2 Å². The molecule has 0 bridgehead atoms. The second-order valence-corrected chi connectivity index (χ2v) is 5.20. The van der Waals surface area contributed by atoms with Crippen molar-refractivity contribution in [1.29, 1.82) is 0 Å². The lowest BCUT2D eigenvalue weighted by molar-refractivity contribution is -0.385. The monoisotopic (exact) mass is 349 g/mol. The molecule has 0 radical (unpaired) electrons. The van der Waals surface area contributed by atoms with Crippen LogP contribution < -0.4 is 0 Å². The third-order valence-corrected chi connectivity index (χ3v) is 4.98. The second-order valence-electron chi connectivity index (χ2n) is 3.23. The summed E-state index contributed by atoms with van der Waals surface area (Å²) in [7, 11) is 0. The minimum atomic E-state index is -0.478. The maximum Gasteiger partial charge on any atom is 0.273 e. The van der Waals surface area contributed by atoms with E-state index >= 15 is 0 Å². The van der Waals surface area contributed by atoms with E-state index in [-0.39, 0.29) is 11.5 Å². The first-order valence-electron chi connectivity index (χ1n) is 4.47. The molecule has 0 saturated carbocycles. The normalized spacial score (nSPS) is 14.2. The summed E-state index contributed by atoms with van der Waals surface area (Å²) >= 11 is 6.51. The first-order chi connectivity index (χ1) is 7.45. The van der Waals surface area contributed by atoms with Gasteiger partial charge in [0.2, 0.25) is 0 Å². The van der Waals surface area contributed by atoms with Gasteiger partial charge in [0.15, 0.2) is 0 Å². The quantitative estimate of drug-likeness (QED) is 0.475. The van der Waals surface area contributed by atoms with Crippen molar-refractivity contribution in [2.24, 2.45) is 0 Å². The molecular formula is C10H9Br2NO3. The summed E-state index contributed by atoms with van der Waals surface area (Å²) < 4.78 is 0. The Labute approximate surface area is 109 Å². The van der Waals surface area contributed by atoms with Crippen LogP contribution in [-0.2, 0) is 4.79 Å². The van der Waals surface area contributed by atoms with Crippen LogP contribution in [0.25, 0.3) is 0 Å². The Morgan fingerprint density at radius 1 is 1.38 bits per heavy atom. The second kappa shape index (κ2) is 5.54. The Balaban J connectivity index is 3.12. The number of nitrogens with zero attached hydrogens (tertiary/aromatic N) is 1. The zero-order chi connectivity index (χ0) is 12.3. The van der Waals surface area contributed by atoms with Gasteiger partial charge in [0, 0.05) is 11.6 Å². The predicted octanol–water partition coefficient (Wildman–Crippen LogP) is 3.38. The summed E-state index contributed by atoms with van der Waals surface area (Å²) in [5.41, 5.74) is 0.500. The number of halogens is 2. The van der Waals surface area contributed by atoms with Gasteiger partial charge in [-0.1, -0.05) is 50.1 Å². The Hall–Kier alpha value is -0.750. The summed E-state index contributed by atoms with van der Waals surface area (Å²) in [5.74, 6) is -0.0833. The van der Waals surface area contributed by atoms with Crippen molar-refractivity contribution in [3.05, 3.63) is 39.9 Å². The fraction of sp³-hybridized carbons (Fsp3) is 0.300. The van der Waals surface area contributed by atoms with E-state index in [2.05, 4.69) is 31.9 Å². The van der Waals surface area contributed by atoms with Gasteiger partial charge in [-0.2, -0.15) is 0 Å². The molecule has 0 amide bonds. The Kier molecular flexibility index (Phi) is 4.61. The lowest BCUT2D eigenvalue weighted by atomic mass is 10.1. The average molecular weight is 351 g/mol. The molecule has 0 aliphatic rings. The number of nitro groups is 1. The van der Waals surface area contributed by atoms with E-state index in [0.29, 0.717) is 5.56 Å². The molecular weight excluding hydrogens is 342 g/mol. The van der Waals surface area contributed by atoms with E-state index in [4.69, 9.17) is 0 Å². The van der Waals surface area contributed by atoms with Gasteiger partial charge in [0.25, 0.3) is 5.69 Å². The zero-order valence-corrected chi connectivity index (χ0v) is 11.6. The number of hydrogen-bond acceptors (Lipinski definition) is 3. The molecule has 0 aliphatic carbocycles. The molecule has 0 aromatic heterocycles. The fourth-order valence-electron chi connectivity index (χ4n) is 1.25. The molecule has 86 valence electrons. The largest absolute Gasteiger partial charge is 0.299 e. The highest BCUT2D eigenvalue weighted by molar-refractivity contribution is 9.12. The summed E-state index contributed by atoms with van der Waals surface area (Å²) in [4.78, 5) is 20.7. The standard InChI is InChI=1S/C10H9Br2NO3/c1-6(14)9(11)10(12)7-4-2-3-5-8(7)13(15)16/h2-5,9-10H,1H3. The van der Waals surface area contributed by atoms with E-state index < -0.39 is 14.6 Å². The van der Waals surface area contributed by atoms with Gasteiger partial charge in [-0.15, -0.1) is 0 Å². The molecule has 1 rings (SSSR count). The number of benzene rings is 1. The molecule has 6 heteroatoms. The van der Waals surface area contributed by atoms with Crippen molar-refractivity contribution in [3.63, 3.8) is 0 Å². The van der Waals surface area contributed by atoms with Crippen LogP contribution in [0.15, 0.2) is 24.3 Å². The molecule has 1 aromatic rings. The minimum absolute atomic E-state index is 0.00933. The molecule has 4 nitrogen and oxygen atoms in total. The number of rotatable bonds is 4. The maximum absolute atomic E-state index is 11.2. The molecule has 0 aliphatic heterocycles. The van der Waals surface area contributed by atoms with Gasteiger partial charge >= 0.3 is 0 Å². The Bertz CT molecular complexity index is 422. The van der Waals surface area contributed by atoms with Crippen LogP contribution >= 0.6 is 31.9 Å². The number of Topliss-reactive ketones (excluding diaryl/α,β-unsaturated/α-hetero) is 1. The first-order valence-corrected chi connectivity index (χ1v) is 6.30. The van der Waals surface area contributed by atoms with Crippen molar-refractivity contribution in [3.8, 4) is 0 Å². The van der Waals surface area contributed by atoms with E-state index in [1.54, 1.807) is 18.2 Å². The van der Waals surface area contributed by atoms with Crippen molar-refractivity contribution in [2.75, 3.05) is 0 Å². The van der Waals surface area contributed by atoms with Gasteiger partial charge in [-0.3, -0.25) is 14.9 Å². The van der Waals surface area contributed by atoms with Crippen molar-refractivity contribution in [1.82, 2.24) is 0 Å². The predicted molar refractivity (Wildman–Crippen MR) is 68.2 cm³/mol. The molecule has 0 fully saturated rings. The SMILES string of the molecule is CC(=O)C(Br)C(Br)c1ccccc1[N+](=O)[O-]. The molecule has 16 heavy (non-hydrogen) atoms. The molecule has 0 heterocycles. The van der Waals surface area contributed by atoms with Crippen LogP contribution in [0.4, 0.5) is 5.69 Å².